The first-order valence-corrected chi connectivity index (χ1v) is 5.48. The Bertz CT molecular complexity index is 436. The second kappa shape index (κ2) is 5.11. The van der Waals surface area contributed by atoms with Crippen LogP contribution < -0.4 is 10.5 Å². The number of H-pyrrole nitrogens is 1. The van der Waals surface area contributed by atoms with E-state index in [1.807, 2.05) is 41.5 Å². The van der Waals surface area contributed by atoms with E-state index in [2.05, 4.69) is 16.0 Å². The number of hydrogen-bond donors (Lipinski definition) is 1. The summed E-state index contributed by atoms with van der Waals surface area (Å²) >= 11 is 1.95. The van der Waals surface area contributed by atoms with Gasteiger partial charge in [-0.2, -0.15) is 5.26 Å². The lowest BCUT2D eigenvalue weighted by molar-refractivity contribution is 0.707. The van der Waals surface area contributed by atoms with Crippen molar-refractivity contribution in [3.63, 3.8) is 0 Å². The molecule has 0 fully saturated rings. The highest BCUT2D eigenvalue weighted by molar-refractivity contribution is 14.1. The number of hydrogen-bond acceptors (Lipinski definition) is 4. The van der Waals surface area contributed by atoms with Gasteiger partial charge in [0.15, 0.2) is 0 Å². The number of nitriles is 1. The van der Waals surface area contributed by atoms with Crippen LogP contribution in [0.25, 0.3) is 0 Å². The predicted octanol–water partition coefficient (Wildman–Crippen LogP) is 0.970. The minimum Gasteiger partial charge on any atom is -0.357 e. The molecule has 0 radical (unpaired) electrons. The van der Waals surface area contributed by atoms with Crippen molar-refractivity contribution < 1.29 is 0 Å². The Labute approximate surface area is 101 Å². The van der Waals surface area contributed by atoms with E-state index < -0.39 is 0 Å². The Morgan fingerprint density at radius 2 is 2.47 bits per heavy atom. The fourth-order valence-corrected chi connectivity index (χ4v) is 1.88. The zero-order valence-electron chi connectivity index (χ0n) is 8.49. The minimum absolute atomic E-state index is 0.0908. The van der Waals surface area contributed by atoms with Crippen LogP contribution in [0, 0.1) is 20.8 Å². The van der Waals surface area contributed by atoms with Gasteiger partial charge in [-0.25, -0.2) is 4.98 Å². The monoisotopic (exact) mass is 318 g/mol. The molecule has 1 N–H and O–H groups in total. The lowest BCUT2D eigenvalue weighted by Crippen LogP contribution is -2.27. The van der Waals surface area contributed by atoms with Gasteiger partial charge in [-0.3, -0.25) is 4.79 Å². The Balaban J connectivity index is 2.93. The van der Waals surface area contributed by atoms with Crippen molar-refractivity contribution in [3.05, 3.63) is 20.3 Å². The molecule has 0 aliphatic rings. The molecule has 0 saturated carbocycles. The van der Waals surface area contributed by atoms with Crippen molar-refractivity contribution in [2.75, 3.05) is 18.5 Å². The molecule has 1 heterocycles. The van der Waals surface area contributed by atoms with E-state index in [1.165, 1.54) is 6.33 Å². The molecule has 1 rings (SSSR count). The molecule has 0 aromatic carbocycles. The Hall–Kier alpha value is -1.10. The maximum absolute atomic E-state index is 11.3. The van der Waals surface area contributed by atoms with E-state index in [-0.39, 0.29) is 11.5 Å². The molecule has 1 aromatic heterocycles. The number of halogens is 1. The lowest BCUT2D eigenvalue weighted by atomic mass is 10.2. The quantitative estimate of drug-likeness (QED) is 0.843. The zero-order valence-corrected chi connectivity index (χ0v) is 10.6. The van der Waals surface area contributed by atoms with Crippen molar-refractivity contribution in [3.8, 4) is 6.07 Å². The zero-order chi connectivity index (χ0) is 11.4. The molecule has 15 heavy (non-hydrogen) atoms. The van der Waals surface area contributed by atoms with Crippen LogP contribution in [0.1, 0.15) is 6.92 Å². The van der Waals surface area contributed by atoms with Gasteiger partial charge in [-0.05, 0) is 29.5 Å². The van der Waals surface area contributed by atoms with Gasteiger partial charge >= 0.3 is 0 Å². The molecule has 0 saturated heterocycles. The highest BCUT2D eigenvalue weighted by Crippen LogP contribution is 2.14. The van der Waals surface area contributed by atoms with Crippen LogP contribution in [0.4, 0.5) is 5.82 Å². The molecule has 0 bridgehead atoms. The van der Waals surface area contributed by atoms with E-state index in [4.69, 9.17) is 5.26 Å². The van der Waals surface area contributed by atoms with Crippen LogP contribution in [-0.2, 0) is 0 Å². The molecule has 80 valence electrons. The third-order valence-corrected chi connectivity index (χ3v) is 2.88. The smallest absolute Gasteiger partial charge is 0.266 e. The topological polar surface area (TPSA) is 72.8 Å². The largest absolute Gasteiger partial charge is 0.357 e. The summed E-state index contributed by atoms with van der Waals surface area (Å²) in [7, 11) is 1.82. The lowest BCUT2D eigenvalue weighted by Gasteiger charge is -2.19. The van der Waals surface area contributed by atoms with Crippen molar-refractivity contribution in [1.29, 1.82) is 5.26 Å². The first-order valence-electron chi connectivity index (χ1n) is 4.40. The number of nitrogens with zero attached hydrogens (tertiary/aromatic N) is 3. The summed E-state index contributed by atoms with van der Waals surface area (Å²) in [6, 6.07) is 2.14. The molecular weight excluding hydrogens is 307 g/mol. The fourth-order valence-electron chi connectivity index (χ4n) is 1.18. The van der Waals surface area contributed by atoms with Crippen molar-refractivity contribution >= 4 is 28.4 Å². The first kappa shape index (κ1) is 12.0. The fraction of sp³-hybridized carbons (Fsp3) is 0.444. The third kappa shape index (κ3) is 2.92. The summed E-state index contributed by atoms with van der Waals surface area (Å²) in [6.45, 7) is 2.39. The molecule has 6 heteroatoms. The summed E-state index contributed by atoms with van der Waals surface area (Å²) in [4.78, 5) is 19.7. The summed E-state index contributed by atoms with van der Waals surface area (Å²) in [5.41, 5.74) is -0.155. The predicted molar refractivity (Wildman–Crippen MR) is 65.6 cm³/mol. The van der Waals surface area contributed by atoms with Gasteiger partial charge in [0.2, 0.25) is 0 Å². The molecule has 0 spiro atoms. The summed E-state index contributed by atoms with van der Waals surface area (Å²) in [5.74, 6) is 0.522. The van der Waals surface area contributed by atoms with Crippen LogP contribution in [-0.4, -0.2) is 23.6 Å². The van der Waals surface area contributed by atoms with Gasteiger partial charge < -0.3 is 9.88 Å². The molecule has 0 amide bonds. The normalized spacial score (nSPS) is 11.9. The summed E-state index contributed by atoms with van der Waals surface area (Å²) < 4.78 is 0.544. The summed E-state index contributed by atoms with van der Waals surface area (Å²) in [6.07, 6.45) is 1.37. The van der Waals surface area contributed by atoms with Gasteiger partial charge in [-0.15, -0.1) is 0 Å². The second-order valence-electron chi connectivity index (χ2n) is 3.28. The summed E-state index contributed by atoms with van der Waals surface area (Å²) in [5, 5.41) is 8.69. The van der Waals surface area contributed by atoms with Crippen molar-refractivity contribution in [1.82, 2.24) is 9.97 Å². The van der Waals surface area contributed by atoms with Crippen LogP contribution >= 0.6 is 22.6 Å². The van der Waals surface area contributed by atoms with Gasteiger partial charge in [0.1, 0.15) is 9.39 Å². The van der Waals surface area contributed by atoms with E-state index in [1.54, 1.807) is 0 Å². The number of nitrogens with one attached hydrogen (secondary N) is 1. The third-order valence-electron chi connectivity index (χ3n) is 1.91. The number of rotatable bonds is 3. The van der Waals surface area contributed by atoms with Crippen LogP contribution in [0.15, 0.2) is 11.1 Å². The maximum Gasteiger partial charge on any atom is 0.266 e. The molecule has 0 aliphatic carbocycles. The number of aromatic amines is 1. The number of anilines is 1. The van der Waals surface area contributed by atoms with Crippen molar-refractivity contribution in [2.45, 2.75) is 6.92 Å². The second-order valence-corrected chi connectivity index (χ2v) is 4.36. The van der Waals surface area contributed by atoms with E-state index in [0.29, 0.717) is 15.9 Å². The Morgan fingerprint density at radius 1 is 1.80 bits per heavy atom. The average Bonchev–Trinajstić information content (AvgIpc) is 2.21. The average molecular weight is 318 g/mol. The Morgan fingerprint density at radius 3 is 3.07 bits per heavy atom. The maximum atomic E-state index is 11.3. The number of aromatic nitrogens is 2. The van der Waals surface area contributed by atoms with E-state index >= 15 is 0 Å². The highest BCUT2D eigenvalue weighted by Gasteiger charge is 2.12. The molecule has 0 aliphatic heterocycles. The van der Waals surface area contributed by atoms with Crippen molar-refractivity contribution in [2.24, 2.45) is 5.92 Å². The van der Waals surface area contributed by atoms with Gasteiger partial charge in [0, 0.05) is 13.6 Å². The molecule has 5 nitrogen and oxygen atoms in total. The Kier molecular flexibility index (Phi) is 4.08. The van der Waals surface area contributed by atoms with Gasteiger partial charge in [0.05, 0.1) is 18.3 Å². The molecular formula is C9H11IN4O. The molecule has 1 atom stereocenters. The molecule has 1 unspecified atom stereocenters. The molecule has 1 aromatic rings. The van der Waals surface area contributed by atoms with Crippen LogP contribution in [0.5, 0.6) is 0 Å². The SMILES string of the molecule is CC(C#N)CN(C)c1nc[nH]c(=O)c1I. The van der Waals surface area contributed by atoms with E-state index in [9.17, 15) is 4.79 Å². The van der Waals surface area contributed by atoms with E-state index in [0.717, 1.165) is 0 Å². The highest BCUT2D eigenvalue weighted by atomic mass is 127. The van der Waals surface area contributed by atoms with Gasteiger partial charge in [0.25, 0.3) is 5.56 Å². The minimum atomic E-state index is -0.155. The first-order chi connectivity index (χ1) is 7.06. The van der Waals surface area contributed by atoms with Crippen LogP contribution in [0.3, 0.4) is 0 Å². The van der Waals surface area contributed by atoms with Gasteiger partial charge in [-0.1, -0.05) is 0 Å². The van der Waals surface area contributed by atoms with Crippen LogP contribution in [0.2, 0.25) is 0 Å². The standard InChI is InChI=1S/C9H11IN4O/c1-6(3-11)4-14(2)8-7(10)9(15)13-5-12-8/h5-6H,4H2,1-2H3,(H,12,13,15).